The van der Waals surface area contributed by atoms with Gasteiger partial charge in [0.1, 0.15) is 28.7 Å². The van der Waals surface area contributed by atoms with E-state index in [0.717, 1.165) is 16.4 Å². The van der Waals surface area contributed by atoms with Crippen molar-refractivity contribution in [2.45, 2.75) is 4.90 Å². The van der Waals surface area contributed by atoms with Gasteiger partial charge in [0, 0.05) is 26.2 Å². The highest BCUT2D eigenvalue weighted by atomic mass is 32.2. The number of rotatable bonds is 3. The lowest BCUT2D eigenvalue weighted by Crippen LogP contribution is -2.49. The highest BCUT2D eigenvalue weighted by molar-refractivity contribution is 7.89. The van der Waals surface area contributed by atoms with Crippen molar-refractivity contribution in [2.75, 3.05) is 31.1 Å². The van der Waals surface area contributed by atoms with Crippen LogP contribution in [0.3, 0.4) is 0 Å². The SMILES string of the molecule is N#Cc1cccc(C#N)c1N1CCN(S(=O)(=O)c2cc(F)ccc2F)CC1. The van der Waals surface area contributed by atoms with Crippen molar-refractivity contribution in [2.24, 2.45) is 0 Å². The van der Waals surface area contributed by atoms with Crippen molar-refractivity contribution < 1.29 is 17.2 Å². The second kappa shape index (κ2) is 7.31. The minimum Gasteiger partial charge on any atom is -0.367 e. The van der Waals surface area contributed by atoms with Crippen molar-refractivity contribution in [3.63, 3.8) is 0 Å². The minimum atomic E-state index is -4.19. The van der Waals surface area contributed by atoms with Gasteiger partial charge in [-0.1, -0.05) is 6.07 Å². The van der Waals surface area contributed by atoms with Crippen LogP contribution in [0.25, 0.3) is 0 Å². The van der Waals surface area contributed by atoms with Gasteiger partial charge < -0.3 is 4.90 Å². The molecule has 1 heterocycles. The molecule has 1 saturated heterocycles. The lowest BCUT2D eigenvalue weighted by atomic mass is 10.1. The van der Waals surface area contributed by atoms with Gasteiger partial charge in [-0.15, -0.1) is 0 Å². The van der Waals surface area contributed by atoms with Crippen LogP contribution in [0.4, 0.5) is 14.5 Å². The van der Waals surface area contributed by atoms with E-state index in [-0.39, 0.29) is 26.2 Å². The van der Waals surface area contributed by atoms with E-state index in [4.69, 9.17) is 0 Å². The topological polar surface area (TPSA) is 88.2 Å². The normalized spacial score (nSPS) is 15.2. The van der Waals surface area contributed by atoms with Crippen molar-refractivity contribution >= 4 is 15.7 Å². The van der Waals surface area contributed by atoms with Crippen molar-refractivity contribution in [1.82, 2.24) is 4.31 Å². The van der Waals surface area contributed by atoms with E-state index in [1.165, 1.54) is 0 Å². The van der Waals surface area contributed by atoms with Crippen LogP contribution in [0.5, 0.6) is 0 Å². The van der Waals surface area contributed by atoms with Crippen molar-refractivity contribution in [1.29, 1.82) is 10.5 Å². The number of halogens is 2. The van der Waals surface area contributed by atoms with E-state index in [1.54, 1.807) is 23.1 Å². The summed E-state index contributed by atoms with van der Waals surface area (Å²) in [6.07, 6.45) is 0. The van der Waals surface area contributed by atoms with Gasteiger partial charge in [0.2, 0.25) is 10.0 Å². The van der Waals surface area contributed by atoms with E-state index in [1.807, 2.05) is 12.1 Å². The molecule has 3 rings (SSSR count). The number of nitriles is 2. The van der Waals surface area contributed by atoms with Gasteiger partial charge >= 0.3 is 0 Å². The zero-order valence-electron chi connectivity index (χ0n) is 14.1. The van der Waals surface area contributed by atoms with Crippen LogP contribution in [0.2, 0.25) is 0 Å². The second-order valence-corrected chi connectivity index (χ2v) is 7.80. The smallest absolute Gasteiger partial charge is 0.246 e. The summed E-state index contributed by atoms with van der Waals surface area (Å²) in [7, 11) is -4.19. The van der Waals surface area contributed by atoms with Crippen LogP contribution in [0.15, 0.2) is 41.3 Å². The molecule has 1 fully saturated rings. The number of nitrogens with zero attached hydrogens (tertiary/aromatic N) is 4. The molecule has 27 heavy (non-hydrogen) atoms. The third kappa shape index (κ3) is 3.47. The van der Waals surface area contributed by atoms with E-state index < -0.39 is 26.6 Å². The van der Waals surface area contributed by atoms with E-state index >= 15 is 0 Å². The molecule has 0 bridgehead atoms. The lowest BCUT2D eigenvalue weighted by molar-refractivity contribution is 0.382. The lowest BCUT2D eigenvalue weighted by Gasteiger charge is -2.36. The summed E-state index contributed by atoms with van der Waals surface area (Å²) in [5.74, 6) is -1.85. The Bertz CT molecular complexity index is 1030. The molecule has 1 aliphatic heterocycles. The van der Waals surface area contributed by atoms with Crippen molar-refractivity contribution in [3.8, 4) is 12.1 Å². The Balaban J connectivity index is 1.86. The zero-order valence-corrected chi connectivity index (χ0v) is 14.9. The molecule has 6 nitrogen and oxygen atoms in total. The van der Waals surface area contributed by atoms with Gasteiger partial charge in [0.05, 0.1) is 16.8 Å². The molecule has 138 valence electrons. The first-order valence-corrected chi connectivity index (χ1v) is 9.46. The maximum Gasteiger partial charge on any atom is 0.246 e. The number of anilines is 1. The Morgan fingerprint density at radius 3 is 2.07 bits per heavy atom. The molecule has 0 N–H and O–H groups in total. The van der Waals surface area contributed by atoms with Crippen LogP contribution in [0, 0.1) is 34.3 Å². The van der Waals surface area contributed by atoms with Crippen LogP contribution in [-0.4, -0.2) is 38.9 Å². The first-order chi connectivity index (χ1) is 12.9. The number of hydrogen-bond donors (Lipinski definition) is 0. The molecular formula is C18H14F2N4O2S. The van der Waals surface area contributed by atoms with Crippen molar-refractivity contribution in [3.05, 3.63) is 59.2 Å². The van der Waals surface area contributed by atoms with Gasteiger partial charge in [-0.25, -0.2) is 17.2 Å². The molecule has 2 aromatic rings. The molecule has 2 aromatic carbocycles. The quantitative estimate of drug-likeness (QED) is 0.805. The number of hydrogen-bond acceptors (Lipinski definition) is 5. The van der Waals surface area contributed by atoms with Gasteiger partial charge in [-0.05, 0) is 30.3 Å². The fourth-order valence-corrected chi connectivity index (χ4v) is 4.53. The summed E-state index contributed by atoms with van der Waals surface area (Å²) in [5, 5.41) is 18.6. The molecule has 0 spiro atoms. The van der Waals surface area contributed by atoms with Crippen LogP contribution >= 0.6 is 0 Å². The highest BCUT2D eigenvalue weighted by Gasteiger charge is 2.32. The molecule has 0 aromatic heterocycles. The summed E-state index contributed by atoms with van der Waals surface area (Å²) in [6.45, 7) is 0.457. The highest BCUT2D eigenvalue weighted by Crippen LogP contribution is 2.28. The monoisotopic (exact) mass is 388 g/mol. The Morgan fingerprint density at radius 1 is 0.926 bits per heavy atom. The fraction of sp³-hybridized carbons (Fsp3) is 0.222. The average molecular weight is 388 g/mol. The summed E-state index contributed by atoms with van der Waals surface area (Å²) in [4.78, 5) is 1.05. The maximum atomic E-state index is 13.9. The number of sulfonamides is 1. The minimum absolute atomic E-state index is 0.0168. The molecule has 0 radical (unpaired) electrons. The van der Waals surface area contributed by atoms with E-state index in [9.17, 15) is 27.7 Å². The Labute approximate surface area is 155 Å². The second-order valence-electron chi connectivity index (χ2n) is 5.89. The van der Waals surface area contributed by atoms with E-state index in [0.29, 0.717) is 22.9 Å². The summed E-state index contributed by atoms with van der Waals surface area (Å²) in [6, 6.07) is 11.1. The summed E-state index contributed by atoms with van der Waals surface area (Å²) < 4.78 is 53.6. The van der Waals surface area contributed by atoms with Gasteiger partial charge in [-0.2, -0.15) is 14.8 Å². The average Bonchev–Trinajstić information content (AvgIpc) is 2.69. The Morgan fingerprint density at radius 2 is 1.52 bits per heavy atom. The molecule has 0 atom stereocenters. The largest absolute Gasteiger partial charge is 0.367 e. The maximum absolute atomic E-state index is 13.9. The molecule has 0 unspecified atom stereocenters. The Kier molecular flexibility index (Phi) is 5.08. The first-order valence-electron chi connectivity index (χ1n) is 8.02. The summed E-state index contributed by atoms with van der Waals surface area (Å²) >= 11 is 0. The molecule has 1 aliphatic rings. The molecule has 9 heteroatoms. The first kappa shape index (κ1) is 18.8. The van der Waals surface area contributed by atoms with E-state index in [2.05, 4.69) is 0 Å². The predicted octanol–water partition coefficient (Wildman–Crippen LogP) is 2.22. The zero-order chi connectivity index (χ0) is 19.6. The fourth-order valence-electron chi connectivity index (χ4n) is 3.03. The summed E-state index contributed by atoms with van der Waals surface area (Å²) in [5.41, 5.74) is 1.10. The number of para-hydroxylation sites is 1. The molecular weight excluding hydrogens is 374 g/mol. The number of benzene rings is 2. The third-order valence-corrected chi connectivity index (χ3v) is 6.26. The standard InChI is InChI=1S/C18H14F2N4O2S/c19-15-4-5-16(20)17(10-15)27(25,26)24-8-6-23(7-9-24)18-13(11-21)2-1-3-14(18)12-22/h1-5,10H,6-9H2. The van der Waals surface area contributed by atoms with Gasteiger partial charge in [-0.3, -0.25) is 0 Å². The predicted molar refractivity (Wildman–Crippen MR) is 93.2 cm³/mol. The van der Waals surface area contributed by atoms with Crippen LogP contribution in [0.1, 0.15) is 11.1 Å². The van der Waals surface area contributed by atoms with Gasteiger partial charge in [0.25, 0.3) is 0 Å². The van der Waals surface area contributed by atoms with Crippen LogP contribution < -0.4 is 4.90 Å². The number of piperazine rings is 1. The Hall–Kier alpha value is -3.01. The molecule has 0 aliphatic carbocycles. The molecule has 0 saturated carbocycles. The molecule has 0 amide bonds. The third-order valence-electron chi connectivity index (χ3n) is 4.34. The van der Waals surface area contributed by atoms with Gasteiger partial charge in [0.15, 0.2) is 0 Å². The van der Waals surface area contributed by atoms with Crippen LogP contribution in [-0.2, 0) is 10.0 Å².